The molecule has 0 amide bonds. The minimum atomic E-state index is -0.115. The Labute approximate surface area is 261 Å². The number of allylic oxidation sites excluding steroid dienone is 21. The van der Waals surface area contributed by atoms with Crippen LogP contribution in [-0.4, -0.2) is 12.7 Å². The SMILES string of the molecule is COC(C)(C)CC=CC(C)=CC=CC(C)=CC=CC(C)=CC=CC=CC(C)CCC=C(C)CCC=C(C)CC=C(C)C. The monoisotopic (exact) mass is 570 g/mol. The first kappa shape index (κ1) is 39.1. The van der Waals surface area contributed by atoms with Crippen molar-refractivity contribution in [2.45, 2.75) is 113 Å². The second-order valence-electron chi connectivity index (χ2n) is 12.5. The van der Waals surface area contributed by atoms with Crippen LogP contribution in [-0.2, 0) is 4.74 Å². The molecule has 1 heteroatoms. The minimum Gasteiger partial charge on any atom is -0.378 e. The number of ether oxygens (including phenoxy) is 1. The molecular weight excluding hydrogens is 508 g/mol. The molecule has 0 rings (SSSR count). The molecule has 0 aromatic rings. The van der Waals surface area contributed by atoms with Crippen LogP contribution in [0.25, 0.3) is 0 Å². The quantitative estimate of drug-likeness (QED) is 0.111. The third kappa shape index (κ3) is 24.9. The lowest BCUT2D eigenvalue weighted by molar-refractivity contribution is 0.0255. The minimum absolute atomic E-state index is 0.115. The Morgan fingerprint density at radius 2 is 1.24 bits per heavy atom. The Bertz CT molecular complexity index is 1100. The topological polar surface area (TPSA) is 9.23 Å². The van der Waals surface area contributed by atoms with Crippen molar-refractivity contribution >= 4 is 0 Å². The van der Waals surface area contributed by atoms with E-state index in [2.05, 4.69) is 166 Å². The average molecular weight is 571 g/mol. The third-order valence-corrected chi connectivity index (χ3v) is 6.98. The summed E-state index contributed by atoms with van der Waals surface area (Å²) >= 11 is 0. The average Bonchev–Trinajstić information content (AvgIpc) is 2.91. The van der Waals surface area contributed by atoms with Crippen molar-refractivity contribution in [1.82, 2.24) is 0 Å². The van der Waals surface area contributed by atoms with Crippen molar-refractivity contribution in [2.24, 2.45) is 5.92 Å². The highest BCUT2D eigenvalue weighted by molar-refractivity contribution is 5.31. The number of hydrogen-bond acceptors (Lipinski definition) is 1. The Kier molecular flexibility index (Phi) is 22.0. The lowest BCUT2D eigenvalue weighted by atomic mass is 10.0. The molecule has 0 heterocycles. The standard InChI is InChI=1S/C41H62O/c1-34(2)31-32-40(8)29-18-27-38(6)25-16-23-36(4)21-14-12-13-20-35(3)22-15-24-37(5)26-17-28-39(7)30-19-33-41(9,10)42-11/h12-15,17,19-22,24-26,28-31,36H,16,18,23,27,32-33H2,1-11H3. The first-order valence-electron chi connectivity index (χ1n) is 15.7. The third-order valence-electron chi connectivity index (χ3n) is 6.98. The number of rotatable bonds is 19. The van der Waals surface area contributed by atoms with Gasteiger partial charge < -0.3 is 4.74 Å². The molecule has 0 radical (unpaired) electrons. The predicted molar refractivity (Wildman–Crippen MR) is 192 cm³/mol. The normalized spacial score (nSPS) is 15.8. The Morgan fingerprint density at radius 1 is 0.667 bits per heavy atom. The Balaban J connectivity index is 4.49. The van der Waals surface area contributed by atoms with Gasteiger partial charge in [-0.3, -0.25) is 0 Å². The summed E-state index contributed by atoms with van der Waals surface area (Å²) in [5.41, 5.74) is 7.92. The van der Waals surface area contributed by atoms with Gasteiger partial charge in [-0.15, -0.1) is 0 Å². The van der Waals surface area contributed by atoms with Gasteiger partial charge in [0.15, 0.2) is 0 Å². The molecule has 0 bridgehead atoms. The van der Waals surface area contributed by atoms with E-state index in [1.165, 1.54) is 39.9 Å². The molecule has 1 nitrogen and oxygen atoms in total. The maximum absolute atomic E-state index is 5.45. The van der Waals surface area contributed by atoms with Gasteiger partial charge in [0.05, 0.1) is 5.60 Å². The summed E-state index contributed by atoms with van der Waals surface area (Å²) in [5.74, 6) is 0.577. The first-order valence-corrected chi connectivity index (χ1v) is 15.7. The van der Waals surface area contributed by atoms with Crippen molar-refractivity contribution in [3.63, 3.8) is 0 Å². The molecule has 42 heavy (non-hydrogen) atoms. The fraction of sp³-hybridized carbons (Fsp3) is 0.463. The van der Waals surface area contributed by atoms with E-state index in [0.29, 0.717) is 5.92 Å². The molecule has 0 aliphatic rings. The van der Waals surface area contributed by atoms with Crippen LogP contribution in [0.5, 0.6) is 0 Å². The molecule has 0 aliphatic carbocycles. The van der Waals surface area contributed by atoms with Crippen LogP contribution in [0.1, 0.15) is 108 Å². The molecular formula is C41H62O. The van der Waals surface area contributed by atoms with E-state index in [1.807, 2.05) is 0 Å². The largest absolute Gasteiger partial charge is 0.378 e. The van der Waals surface area contributed by atoms with Crippen LogP contribution in [0, 0.1) is 5.92 Å². The van der Waals surface area contributed by atoms with Gasteiger partial charge in [-0.2, -0.15) is 0 Å². The lowest BCUT2D eigenvalue weighted by Crippen LogP contribution is -2.20. The van der Waals surface area contributed by atoms with Gasteiger partial charge in [0.1, 0.15) is 0 Å². The van der Waals surface area contributed by atoms with Crippen LogP contribution in [0.2, 0.25) is 0 Å². The molecule has 0 saturated heterocycles. The van der Waals surface area contributed by atoms with Crippen molar-refractivity contribution in [1.29, 1.82) is 0 Å². The summed E-state index contributed by atoms with van der Waals surface area (Å²) < 4.78 is 5.45. The smallest absolute Gasteiger partial charge is 0.0657 e. The highest BCUT2D eigenvalue weighted by Crippen LogP contribution is 2.15. The van der Waals surface area contributed by atoms with E-state index in [4.69, 9.17) is 4.74 Å². The van der Waals surface area contributed by atoms with Crippen LogP contribution >= 0.6 is 0 Å². The summed E-state index contributed by atoms with van der Waals surface area (Å²) in [5, 5.41) is 0. The molecule has 1 atom stereocenters. The number of methoxy groups -OCH3 is 1. The maximum Gasteiger partial charge on any atom is 0.0657 e. The second kappa shape index (κ2) is 23.6. The summed E-state index contributed by atoms with van der Waals surface area (Å²) in [6.07, 6.45) is 41.7. The zero-order valence-corrected chi connectivity index (χ0v) is 29.0. The highest BCUT2D eigenvalue weighted by atomic mass is 16.5. The predicted octanol–water partition coefficient (Wildman–Crippen LogP) is 12.9. The summed E-state index contributed by atoms with van der Waals surface area (Å²) in [6, 6.07) is 0. The van der Waals surface area contributed by atoms with Gasteiger partial charge in [-0.05, 0) is 107 Å². The maximum atomic E-state index is 5.45. The fourth-order valence-electron chi connectivity index (χ4n) is 3.79. The van der Waals surface area contributed by atoms with Gasteiger partial charge in [0, 0.05) is 7.11 Å². The highest BCUT2D eigenvalue weighted by Gasteiger charge is 2.12. The van der Waals surface area contributed by atoms with Crippen molar-refractivity contribution in [2.75, 3.05) is 7.11 Å². The molecule has 0 aliphatic heterocycles. The molecule has 232 valence electrons. The van der Waals surface area contributed by atoms with Gasteiger partial charge in [-0.25, -0.2) is 0 Å². The van der Waals surface area contributed by atoms with Crippen LogP contribution in [0.4, 0.5) is 0 Å². The van der Waals surface area contributed by atoms with Crippen LogP contribution in [0.3, 0.4) is 0 Å². The lowest BCUT2D eigenvalue weighted by Gasteiger charge is -2.20. The second-order valence-corrected chi connectivity index (χ2v) is 12.5. The molecule has 0 fully saturated rings. The van der Waals surface area contributed by atoms with Crippen molar-refractivity contribution in [3.8, 4) is 0 Å². The van der Waals surface area contributed by atoms with E-state index >= 15 is 0 Å². The van der Waals surface area contributed by atoms with Gasteiger partial charge in [0.2, 0.25) is 0 Å². The summed E-state index contributed by atoms with van der Waals surface area (Å²) in [4.78, 5) is 0. The Morgan fingerprint density at radius 3 is 1.83 bits per heavy atom. The number of hydrogen-bond donors (Lipinski definition) is 0. The summed E-state index contributed by atoms with van der Waals surface area (Å²) in [6.45, 7) is 21.7. The molecule has 1 unspecified atom stereocenters. The van der Waals surface area contributed by atoms with E-state index < -0.39 is 0 Å². The van der Waals surface area contributed by atoms with Gasteiger partial charge in [-0.1, -0.05) is 138 Å². The zero-order chi connectivity index (χ0) is 31.8. The molecule has 0 aromatic heterocycles. The molecule has 0 spiro atoms. The van der Waals surface area contributed by atoms with E-state index in [-0.39, 0.29) is 5.60 Å². The van der Waals surface area contributed by atoms with Crippen LogP contribution < -0.4 is 0 Å². The van der Waals surface area contributed by atoms with Gasteiger partial charge >= 0.3 is 0 Å². The Hall–Kier alpha value is -2.90. The first-order chi connectivity index (χ1) is 19.8. The van der Waals surface area contributed by atoms with E-state index in [0.717, 1.165) is 32.1 Å². The zero-order valence-electron chi connectivity index (χ0n) is 29.0. The molecule has 0 N–H and O–H groups in total. The molecule has 0 saturated carbocycles. The van der Waals surface area contributed by atoms with Crippen molar-refractivity contribution in [3.05, 3.63) is 131 Å². The fourth-order valence-corrected chi connectivity index (χ4v) is 3.79. The van der Waals surface area contributed by atoms with E-state index in [1.54, 1.807) is 7.11 Å². The van der Waals surface area contributed by atoms with Crippen LogP contribution in [0.15, 0.2) is 131 Å². The van der Waals surface area contributed by atoms with Gasteiger partial charge in [0.25, 0.3) is 0 Å². The van der Waals surface area contributed by atoms with Crippen molar-refractivity contribution < 1.29 is 4.74 Å². The molecule has 0 aromatic carbocycles. The summed E-state index contributed by atoms with van der Waals surface area (Å²) in [7, 11) is 1.76. The van der Waals surface area contributed by atoms with E-state index in [9.17, 15) is 0 Å².